The molecule has 0 saturated heterocycles. The predicted octanol–water partition coefficient (Wildman–Crippen LogP) is 5.80. The second-order valence-electron chi connectivity index (χ2n) is 4.01. The highest BCUT2D eigenvalue weighted by molar-refractivity contribution is 9.10. The van der Waals surface area contributed by atoms with Gasteiger partial charge in [-0.05, 0) is 29.3 Å². The molecule has 100 valence electrons. The molecular formula is C14H9BrClF3. The van der Waals surface area contributed by atoms with Crippen LogP contribution in [-0.2, 0) is 6.18 Å². The molecule has 5 heteroatoms. The molecule has 19 heavy (non-hydrogen) atoms. The molecule has 0 aliphatic heterocycles. The van der Waals surface area contributed by atoms with Crippen molar-refractivity contribution in [2.24, 2.45) is 0 Å². The lowest BCUT2D eigenvalue weighted by Gasteiger charge is -2.15. The minimum absolute atomic E-state index is 0.405. The molecule has 0 saturated carbocycles. The van der Waals surface area contributed by atoms with Crippen LogP contribution in [0.5, 0.6) is 0 Å². The molecule has 1 atom stereocenters. The van der Waals surface area contributed by atoms with Crippen LogP contribution >= 0.6 is 27.5 Å². The Morgan fingerprint density at radius 2 is 1.63 bits per heavy atom. The summed E-state index contributed by atoms with van der Waals surface area (Å²) >= 11 is 9.50. The van der Waals surface area contributed by atoms with Crippen molar-refractivity contribution in [3.8, 4) is 0 Å². The van der Waals surface area contributed by atoms with E-state index >= 15 is 0 Å². The van der Waals surface area contributed by atoms with Crippen molar-refractivity contribution >= 4 is 27.5 Å². The van der Waals surface area contributed by atoms with Crippen molar-refractivity contribution in [1.29, 1.82) is 0 Å². The Morgan fingerprint density at radius 1 is 1.00 bits per heavy atom. The number of alkyl halides is 4. The van der Waals surface area contributed by atoms with E-state index in [1.807, 2.05) is 6.07 Å². The molecule has 0 N–H and O–H groups in total. The van der Waals surface area contributed by atoms with Gasteiger partial charge in [0, 0.05) is 4.47 Å². The lowest BCUT2D eigenvalue weighted by molar-refractivity contribution is -0.137. The van der Waals surface area contributed by atoms with Gasteiger partial charge < -0.3 is 0 Å². The third-order valence-electron chi connectivity index (χ3n) is 2.69. The van der Waals surface area contributed by atoms with Gasteiger partial charge in [0.25, 0.3) is 0 Å². The Balaban J connectivity index is 2.45. The first-order chi connectivity index (χ1) is 8.89. The minimum Gasteiger partial charge on any atom is -0.166 e. The Morgan fingerprint density at radius 3 is 2.21 bits per heavy atom. The van der Waals surface area contributed by atoms with Crippen LogP contribution in [0.25, 0.3) is 0 Å². The van der Waals surface area contributed by atoms with Gasteiger partial charge in [-0.15, -0.1) is 11.6 Å². The van der Waals surface area contributed by atoms with Gasteiger partial charge in [-0.2, -0.15) is 13.2 Å². The maximum absolute atomic E-state index is 12.7. The summed E-state index contributed by atoms with van der Waals surface area (Å²) in [5, 5.41) is -0.627. The number of halogens is 5. The standard InChI is InChI=1S/C14H9BrClF3/c15-12-7-6-10(14(17,18)19)8-11(12)13(16)9-4-2-1-3-5-9/h1-8,13H. The third-order valence-corrected chi connectivity index (χ3v) is 3.90. The fourth-order valence-corrected chi connectivity index (χ4v) is 2.65. The van der Waals surface area contributed by atoms with Crippen molar-refractivity contribution < 1.29 is 13.2 Å². The van der Waals surface area contributed by atoms with Crippen molar-refractivity contribution in [2.75, 3.05) is 0 Å². The first kappa shape index (κ1) is 14.4. The zero-order valence-corrected chi connectivity index (χ0v) is 11.9. The van der Waals surface area contributed by atoms with E-state index < -0.39 is 17.1 Å². The highest BCUT2D eigenvalue weighted by Crippen LogP contribution is 2.38. The van der Waals surface area contributed by atoms with Gasteiger partial charge in [0.1, 0.15) is 0 Å². The van der Waals surface area contributed by atoms with Crippen LogP contribution in [0.15, 0.2) is 53.0 Å². The summed E-state index contributed by atoms with van der Waals surface area (Å²) in [5.74, 6) is 0. The molecule has 0 amide bonds. The monoisotopic (exact) mass is 348 g/mol. The van der Waals surface area contributed by atoms with E-state index in [4.69, 9.17) is 11.6 Å². The normalized spacial score (nSPS) is 13.3. The number of hydrogen-bond donors (Lipinski definition) is 0. The van der Waals surface area contributed by atoms with Crippen LogP contribution < -0.4 is 0 Å². The fourth-order valence-electron chi connectivity index (χ4n) is 1.72. The first-order valence-corrected chi connectivity index (χ1v) is 6.68. The molecule has 0 aliphatic carbocycles. The summed E-state index contributed by atoms with van der Waals surface area (Å²) in [5.41, 5.74) is 0.458. The largest absolute Gasteiger partial charge is 0.416 e. The summed E-state index contributed by atoms with van der Waals surface area (Å²) in [6, 6.07) is 12.5. The molecule has 0 nitrogen and oxygen atoms in total. The number of benzene rings is 2. The van der Waals surface area contributed by atoms with Crippen LogP contribution in [0, 0.1) is 0 Å². The van der Waals surface area contributed by atoms with Crippen LogP contribution in [0.3, 0.4) is 0 Å². The van der Waals surface area contributed by atoms with E-state index in [-0.39, 0.29) is 0 Å². The SMILES string of the molecule is FC(F)(F)c1ccc(Br)c(C(Cl)c2ccccc2)c1. The van der Waals surface area contributed by atoms with Crippen LogP contribution in [0.4, 0.5) is 13.2 Å². The zero-order chi connectivity index (χ0) is 14.0. The van der Waals surface area contributed by atoms with E-state index in [2.05, 4.69) is 15.9 Å². The summed E-state index contributed by atoms with van der Waals surface area (Å²) in [6.45, 7) is 0. The Hall–Kier alpha value is -1.00. The molecule has 1 unspecified atom stereocenters. The summed E-state index contributed by atoms with van der Waals surface area (Å²) in [6.07, 6.45) is -4.37. The molecule has 2 aromatic rings. The van der Waals surface area contributed by atoms with E-state index in [9.17, 15) is 13.2 Å². The molecule has 0 aliphatic rings. The van der Waals surface area contributed by atoms with Gasteiger partial charge >= 0.3 is 6.18 Å². The van der Waals surface area contributed by atoms with Crippen molar-refractivity contribution in [3.63, 3.8) is 0 Å². The van der Waals surface area contributed by atoms with Crippen LogP contribution in [-0.4, -0.2) is 0 Å². The van der Waals surface area contributed by atoms with Gasteiger partial charge in [-0.3, -0.25) is 0 Å². The molecule has 0 heterocycles. The second kappa shape index (κ2) is 5.55. The van der Waals surface area contributed by atoms with Crippen LogP contribution in [0.2, 0.25) is 0 Å². The molecular weight excluding hydrogens is 341 g/mol. The lowest BCUT2D eigenvalue weighted by atomic mass is 10.0. The van der Waals surface area contributed by atoms with Crippen LogP contribution in [0.1, 0.15) is 22.1 Å². The summed E-state index contributed by atoms with van der Waals surface area (Å²) in [4.78, 5) is 0. The molecule has 0 spiro atoms. The average molecular weight is 350 g/mol. The molecule has 0 fully saturated rings. The van der Waals surface area contributed by atoms with Gasteiger partial charge in [-0.25, -0.2) is 0 Å². The Kier molecular flexibility index (Phi) is 4.21. The van der Waals surface area contributed by atoms with Crippen molar-refractivity contribution in [3.05, 3.63) is 69.7 Å². The van der Waals surface area contributed by atoms with E-state index in [1.54, 1.807) is 24.3 Å². The van der Waals surface area contributed by atoms with Gasteiger partial charge in [0.15, 0.2) is 0 Å². The molecule has 0 radical (unpaired) electrons. The molecule has 0 bridgehead atoms. The van der Waals surface area contributed by atoms with Gasteiger partial charge in [0.05, 0.1) is 10.9 Å². The molecule has 2 rings (SSSR count). The first-order valence-electron chi connectivity index (χ1n) is 5.45. The fraction of sp³-hybridized carbons (Fsp3) is 0.143. The minimum atomic E-state index is -4.37. The van der Waals surface area contributed by atoms with E-state index in [0.29, 0.717) is 10.0 Å². The quantitative estimate of drug-likeness (QED) is 0.601. The van der Waals surface area contributed by atoms with Gasteiger partial charge in [0.2, 0.25) is 0 Å². The highest BCUT2D eigenvalue weighted by Gasteiger charge is 2.31. The second-order valence-corrected chi connectivity index (χ2v) is 5.30. The van der Waals surface area contributed by atoms with Crippen molar-refractivity contribution in [1.82, 2.24) is 0 Å². The maximum Gasteiger partial charge on any atom is 0.416 e. The molecule has 0 aromatic heterocycles. The number of rotatable bonds is 2. The maximum atomic E-state index is 12.7. The smallest absolute Gasteiger partial charge is 0.166 e. The van der Waals surface area contributed by atoms with E-state index in [0.717, 1.165) is 17.7 Å². The lowest BCUT2D eigenvalue weighted by Crippen LogP contribution is -2.06. The van der Waals surface area contributed by atoms with Crippen molar-refractivity contribution in [2.45, 2.75) is 11.6 Å². The third kappa shape index (κ3) is 3.31. The van der Waals surface area contributed by atoms with E-state index in [1.165, 1.54) is 6.07 Å². The average Bonchev–Trinajstić information content (AvgIpc) is 2.38. The topological polar surface area (TPSA) is 0 Å². The Bertz CT molecular complexity index is 567. The van der Waals surface area contributed by atoms with Gasteiger partial charge in [-0.1, -0.05) is 46.3 Å². The summed E-state index contributed by atoms with van der Waals surface area (Å²) in [7, 11) is 0. The summed E-state index contributed by atoms with van der Waals surface area (Å²) < 4.78 is 38.7. The number of hydrogen-bond acceptors (Lipinski definition) is 0. The Labute approximate surface area is 122 Å². The molecule has 2 aromatic carbocycles. The highest BCUT2D eigenvalue weighted by atomic mass is 79.9. The zero-order valence-electron chi connectivity index (χ0n) is 9.59. The predicted molar refractivity (Wildman–Crippen MR) is 73.3 cm³/mol.